The Labute approximate surface area is 180 Å². The number of carbonyl (C=O) groups is 1. The highest BCUT2D eigenvalue weighted by atomic mass is 16.5. The summed E-state index contributed by atoms with van der Waals surface area (Å²) in [5, 5.41) is 19.5. The van der Waals surface area contributed by atoms with E-state index in [0.717, 1.165) is 22.6 Å². The number of phenolic OH excluding ortho intramolecular Hbond substituents is 1. The summed E-state index contributed by atoms with van der Waals surface area (Å²) in [5.74, 6) is 0.870. The van der Waals surface area contributed by atoms with Gasteiger partial charge in [0.25, 0.3) is 5.91 Å². The third kappa shape index (κ3) is 3.90. The molecule has 0 unspecified atom stereocenters. The van der Waals surface area contributed by atoms with Crippen LogP contribution in [0.15, 0.2) is 71.8 Å². The molecule has 0 saturated heterocycles. The van der Waals surface area contributed by atoms with Crippen LogP contribution >= 0.6 is 0 Å². The number of amides is 1. The molecule has 0 fully saturated rings. The largest absolute Gasteiger partial charge is 0.504 e. The molecule has 3 aromatic rings. The number of fused-ring (bicyclic) bond motifs is 1. The molecular weight excluding hydrogens is 394 g/mol. The Bertz CT molecular complexity index is 1140. The third-order valence-corrected chi connectivity index (χ3v) is 5.19. The van der Waals surface area contributed by atoms with Gasteiger partial charge in [-0.15, -0.1) is 0 Å². The second kappa shape index (κ2) is 8.39. The van der Waals surface area contributed by atoms with Gasteiger partial charge in [-0.05, 0) is 61.0 Å². The Kier molecular flexibility index (Phi) is 5.49. The molecule has 1 heterocycles. The maximum Gasteiger partial charge on any atom is 0.278 e. The summed E-state index contributed by atoms with van der Waals surface area (Å²) in [7, 11) is 3.10. The van der Waals surface area contributed by atoms with Gasteiger partial charge in [0.15, 0.2) is 17.7 Å². The second-order valence-electron chi connectivity index (χ2n) is 7.09. The lowest BCUT2D eigenvalue weighted by atomic mass is 10.0. The molecule has 0 radical (unpaired) electrons. The van der Waals surface area contributed by atoms with Crippen LogP contribution in [0.2, 0.25) is 0 Å². The first-order valence-electron chi connectivity index (χ1n) is 9.77. The van der Waals surface area contributed by atoms with Crippen LogP contribution in [-0.2, 0) is 0 Å². The van der Waals surface area contributed by atoms with Gasteiger partial charge >= 0.3 is 0 Å². The van der Waals surface area contributed by atoms with Crippen molar-refractivity contribution in [2.45, 2.75) is 13.1 Å². The fourth-order valence-corrected chi connectivity index (χ4v) is 3.49. The molecule has 4 rings (SSSR count). The van der Waals surface area contributed by atoms with Crippen molar-refractivity contribution in [2.24, 2.45) is 5.10 Å². The van der Waals surface area contributed by atoms with Crippen LogP contribution in [0.25, 0.3) is 0 Å². The summed E-state index contributed by atoms with van der Waals surface area (Å²) in [6.45, 7) is 1.85. The Morgan fingerprint density at radius 3 is 2.48 bits per heavy atom. The standard InChI is InChI=1S/C24H23N3O4/c1-15(16-8-11-18(30-2)12-9-16)26-27-23(17-10-13-21(28)22(14-17)31-3)25-20-7-5-4-6-19(20)24(27)29/h4-14,23,25,28H,1-3H3/b26-15-/t23-/m1/s1. The van der Waals surface area contributed by atoms with Crippen molar-refractivity contribution in [2.75, 3.05) is 19.5 Å². The maximum absolute atomic E-state index is 13.4. The van der Waals surface area contributed by atoms with Crippen LogP contribution in [0.3, 0.4) is 0 Å². The molecular formula is C24H23N3O4. The van der Waals surface area contributed by atoms with E-state index in [2.05, 4.69) is 10.4 Å². The van der Waals surface area contributed by atoms with Gasteiger partial charge in [0.1, 0.15) is 5.75 Å². The monoisotopic (exact) mass is 417 g/mol. The lowest BCUT2D eigenvalue weighted by Crippen LogP contribution is -2.40. The highest BCUT2D eigenvalue weighted by Crippen LogP contribution is 2.36. The number of hydrogen-bond acceptors (Lipinski definition) is 6. The van der Waals surface area contributed by atoms with Crippen LogP contribution < -0.4 is 14.8 Å². The molecule has 1 atom stereocenters. The first-order valence-corrected chi connectivity index (χ1v) is 9.77. The van der Waals surface area contributed by atoms with Gasteiger partial charge in [0, 0.05) is 11.3 Å². The van der Waals surface area contributed by atoms with E-state index in [1.54, 1.807) is 31.4 Å². The number of ether oxygens (including phenoxy) is 2. The SMILES string of the molecule is COc1ccc(/C(C)=N\N2C(=O)c3ccccc3N[C@H]2c2ccc(O)c(OC)c2)cc1. The molecule has 0 spiro atoms. The van der Waals surface area contributed by atoms with Crippen LogP contribution in [0.4, 0.5) is 5.69 Å². The minimum absolute atomic E-state index is 0.0262. The van der Waals surface area contributed by atoms with E-state index in [1.807, 2.05) is 49.4 Å². The molecule has 2 N–H and O–H groups in total. The van der Waals surface area contributed by atoms with E-state index in [4.69, 9.17) is 9.47 Å². The average molecular weight is 417 g/mol. The van der Waals surface area contributed by atoms with Crippen LogP contribution in [0.5, 0.6) is 17.2 Å². The van der Waals surface area contributed by atoms with E-state index in [-0.39, 0.29) is 11.7 Å². The van der Waals surface area contributed by atoms with Crippen molar-refractivity contribution < 1.29 is 19.4 Å². The molecule has 0 aliphatic carbocycles. The first kappa shape index (κ1) is 20.3. The van der Waals surface area contributed by atoms with Crippen molar-refractivity contribution in [1.29, 1.82) is 0 Å². The predicted octanol–water partition coefficient (Wildman–Crippen LogP) is 4.40. The lowest BCUT2D eigenvalue weighted by molar-refractivity contribution is 0.0689. The Balaban J connectivity index is 1.78. The maximum atomic E-state index is 13.4. The highest BCUT2D eigenvalue weighted by molar-refractivity contribution is 6.04. The second-order valence-corrected chi connectivity index (χ2v) is 7.09. The summed E-state index contributed by atoms with van der Waals surface area (Å²) in [6.07, 6.45) is -0.579. The van der Waals surface area contributed by atoms with E-state index >= 15 is 0 Å². The van der Waals surface area contributed by atoms with Crippen molar-refractivity contribution in [3.63, 3.8) is 0 Å². The topological polar surface area (TPSA) is 83.4 Å². The van der Waals surface area contributed by atoms with Crippen molar-refractivity contribution in [3.8, 4) is 17.2 Å². The number of methoxy groups -OCH3 is 2. The van der Waals surface area contributed by atoms with Gasteiger partial charge in [0.2, 0.25) is 0 Å². The number of nitrogens with zero attached hydrogens (tertiary/aromatic N) is 2. The summed E-state index contributed by atoms with van der Waals surface area (Å²) < 4.78 is 10.5. The normalized spacial score (nSPS) is 15.8. The molecule has 158 valence electrons. The molecule has 1 aliphatic rings. The molecule has 31 heavy (non-hydrogen) atoms. The van der Waals surface area contributed by atoms with Gasteiger partial charge in [-0.25, -0.2) is 5.01 Å². The van der Waals surface area contributed by atoms with Gasteiger partial charge in [-0.2, -0.15) is 5.10 Å². The zero-order valence-electron chi connectivity index (χ0n) is 17.5. The number of phenols is 1. The minimum Gasteiger partial charge on any atom is -0.504 e. The third-order valence-electron chi connectivity index (χ3n) is 5.19. The summed E-state index contributed by atoms with van der Waals surface area (Å²) in [5.41, 5.74) is 3.53. The van der Waals surface area contributed by atoms with Gasteiger partial charge in [-0.1, -0.05) is 18.2 Å². The van der Waals surface area contributed by atoms with Gasteiger partial charge in [-0.3, -0.25) is 4.79 Å². The molecule has 0 aromatic heterocycles. The lowest BCUT2D eigenvalue weighted by Gasteiger charge is -2.35. The van der Waals surface area contributed by atoms with Gasteiger partial charge in [0.05, 0.1) is 25.5 Å². The van der Waals surface area contributed by atoms with Crippen LogP contribution in [0, 0.1) is 0 Å². The number of benzene rings is 3. The van der Waals surface area contributed by atoms with Crippen LogP contribution in [0.1, 0.15) is 34.6 Å². The molecule has 1 amide bonds. The molecule has 7 nitrogen and oxygen atoms in total. The number of para-hydroxylation sites is 1. The zero-order valence-corrected chi connectivity index (χ0v) is 17.5. The summed E-state index contributed by atoms with van der Waals surface area (Å²) >= 11 is 0. The molecule has 3 aromatic carbocycles. The van der Waals surface area contributed by atoms with Crippen molar-refractivity contribution >= 4 is 17.3 Å². The number of anilines is 1. The number of hydrazone groups is 1. The number of aromatic hydroxyl groups is 1. The van der Waals surface area contributed by atoms with E-state index in [1.165, 1.54) is 12.1 Å². The average Bonchev–Trinajstić information content (AvgIpc) is 2.81. The smallest absolute Gasteiger partial charge is 0.278 e. The molecule has 1 aliphatic heterocycles. The van der Waals surface area contributed by atoms with Crippen LogP contribution in [-0.4, -0.2) is 36.0 Å². The van der Waals surface area contributed by atoms with E-state index < -0.39 is 6.17 Å². The fourth-order valence-electron chi connectivity index (χ4n) is 3.49. The minimum atomic E-state index is -0.579. The Morgan fingerprint density at radius 1 is 1.03 bits per heavy atom. The molecule has 0 bridgehead atoms. The highest BCUT2D eigenvalue weighted by Gasteiger charge is 2.33. The number of carbonyl (C=O) groups excluding carboxylic acids is 1. The number of rotatable bonds is 5. The first-order chi connectivity index (χ1) is 15.0. The Hall–Kier alpha value is -4.00. The fraction of sp³-hybridized carbons (Fsp3) is 0.167. The zero-order chi connectivity index (χ0) is 22.0. The summed E-state index contributed by atoms with van der Waals surface area (Å²) in [6, 6.07) is 19.8. The molecule has 7 heteroatoms. The number of hydrogen-bond donors (Lipinski definition) is 2. The predicted molar refractivity (Wildman–Crippen MR) is 119 cm³/mol. The van der Waals surface area contributed by atoms with Gasteiger partial charge < -0.3 is 19.9 Å². The molecule has 0 saturated carbocycles. The van der Waals surface area contributed by atoms with Crippen molar-refractivity contribution in [3.05, 3.63) is 83.4 Å². The number of nitrogens with one attached hydrogen (secondary N) is 1. The van der Waals surface area contributed by atoms with E-state index in [0.29, 0.717) is 17.0 Å². The van der Waals surface area contributed by atoms with E-state index in [9.17, 15) is 9.90 Å². The summed E-state index contributed by atoms with van der Waals surface area (Å²) in [4.78, 5) is 13.4. The Morgan fingerprint density at radius 2 is 1.77 bits per heavy atom. The van der Waals surface area contributed by atoms with Crippen molar-refractivity contribution in [1.82, 2.24) is 5.01 Å². The quantitative estimate of drug-likeness (QED) is 0.601.